The van der Waals surface area contributed by atoms with E-state index in [4.69, 9.17) is 18.9 Å². The van der Waals surface area contributed by atoms with Gasteiger partial charge in [0.1, 0.15) is 17.3 Å². The van der Waals surface area contributed by atoms with Crippen LogP contribution in [0.2, 0.25) is 0 Å². The zero-order valence-corrected chi connectivity index (χ0v) is 13.1. The molecule has 0 aliphatic carbocycles. The molecule has 0 N–H and O–H groups in total. The molecule has 1 aliphatic rings. The van der Waals surface area contributed by atoms with Crippen LogP contribution in [0.5, 0.6) is 0 Å². The molecule has 2 rings (SSSR count). The van der Waals surface area contributed by atoms with Gasteiger partial charge in [-0.2, -0.15) is 0 Å². The fraction of sp³-hybridized carbons (Fsp3) is 0.625. The van der Waals surface area contributed by atoms with Crippen LogP contribution in [-0.2, 0) is 18.9 Å². The number of hydrogen-bond donors (Lipinski definition) is 0. The molecule has 23 heavy (non-hydrogen) atoms. The van der Waals surface area contributed by atoms with E-state index in [2.05, 4.69) is 0 Å². The third kappa shape index (κ3) is 6.39. The van der Waals surface area contributed by atoms with E-state index in [0.29, 0.717) is 65.9 Å². The second-order valence-corrected chi connectivity index (χ2v) is 5.01. The highest BCUT2D eigenvalue weighted by atomic mass is 19.1. The highest BCUT2D eigenvalue weighted by Gasteiger charge is 2.16. The lowest BCUT2D eigenvalue weighted by Gasteiger charge is -2.25. The average molecular weight is 331 g/mol. The number of rotatable bonds is 1. The van der Waals surface area contributed by atoms with E-state index in [9.17, 15) is 8.78 Å². The third-order valence-corrected chi connectivity index (χ3v) is 3.38. The number of anilines is 1. The lowest BCUT2D eigenvalue weighted by molar-refractivity contribution is 0.00206. The fourth-order valence-corrected chi connectivity index (χ4v) is 2.24. The SMILES string of the molecule is Fc1cccc(F)c1N1CCOCCOCCOCCOCC1. The molecule has 1 heterocycles. The van der Waals surface area contributed by atoms with Gasteiger partial charge in [-0.1, -0.05) is 6.07 Å². The summed E-state index contributed by atoms with van der Waals surface area (Å²) in [7, 11) is 0. The van der Waals surface area contributed by atoms with Crippen LogP contribution >= 0.6 is 0 Å². The third-order valence-electron chi connectivity index (χ3n) is 3.38. The molecular weight excluding hydrogens is 308 g/mol. The van der Waals surface area contributed by atoms with Crippen LogP contribution < -0.4 is 4.90 Å². The van der Waals surface area contributed by atoms with Gasteiger partial charge in [0.25, 0.3) is 0 Å². The Balaban J connectivity index is 1.97. The molecule has 1 fully saturated rings. The van der Waals surface area contributed by atoms with Gasteiger partial charge in [-0.3, -0.25) is 0 Å². The lowest BCUT2D eigenvalue weighted by Crippen LogP contribution is -2.33. The molecule has 1 aromatic rings. The average Bonchev–Trinajstić information content (AvgIpc) is 2.54. The number of nitrogens with zero attached hydrogens (tertiary/aromatic N) is 1. The molecule has 130 valence electrons. The zero-order chi connectivity index (χ0) is 16.3. The number of hydrogen-bond acceptors (Lipinski definition) is 5. The van der Waals surface area contributed by atoms with E-state index in [1.165, 1.54) is 18.2 Å². The smallest absolute Gasteiger partial charge is 0.149 e. The number of benzene rings is 1. The maximum absolute atomic E-state index is 14.0. The molecule has 1 aliphatic heterocycles. The summed E-state index contributed by atoms with van der Waals surface area (Å²) in [5.74, 6) is -1.18. The minimum absolute atomic E-state index is 0.0449. The largest absolute Gasteiger partial charge is 0.377 e. The summed E-state index contributed by atoms with van der Waals surface area (Å²) in [5.41, 5.74) is -0.0449. The molecule has 0 radical (unpaired) electrons. The first-order valence-corrected chi connectivity index (χ1v) is 7.79. The Labute approximate surface area is 135 Å². The van der Waals surface area contributed by atoms with E-state index in [-0.39, 0.29) is 5.69 Å². The topological polar surface area (TPSA) is 40.2 Å². The van der Waals surface area contributed by atoms with Crippen molar-refractivity contribution in [3.63, 3.8) is 0 Å². The first kappa shape index (κ1) is 18.1. The standard InChI is InChI=1S/C16H23F2NO4/c17-14-2-1-3-15(18)16(14)19-4-6-20-8-10-22-12-13-23-11-9-21-7-5-19/h1-3H,4-13H2. The molecule has 0 unspecified atom stereocenters. The van der Waals surface area contributed by atoms with Gasteiger partial charge in [0.2, 0.25) is 0 Å². The Kier molecular flexibility index (Phi) is 8.24. The Morgan fingerprint density at radius 1 is 0.652 bits per heavy atom. The summed E-state index contributed by atoms with van der Waals surface area (Å²) in [5, 5.41) is 0. The van der Waals surface area contributed by atoms with E-state index in [1.807, 2.05) is 0 Å². The molecule has 0 aromatic heterocycles. The Bertz CT molecular complexity index is 425. The second-order valence-electron chi connectivity index (χ2n) is 5.01. The Morgan fingerprint density at radius 3 is 1.48 bits per heavy atom. The van der Waals surface area contributed by atoms with Crippen LogP contribution in [0, 0.1) is 11.6 Å². The molecule has 5 nitrogen and oxygen atoms in total. The van der Waals surface area contributed by atoms with Crippen molar-refractivity contribution in [3.05, 3.63) is 29.8 Å². The quantitative estimate of drug-likeness (QED) is 0.785. The summed E-state index contributed by atoms with van der Waals surface area (Å²) in [4.78, 5) is 1.60. The van der Waals surface area contributed by atoms with Gasteiger partial charge >= 0.3 is 0 Å². The highest BCUT2D eigenvalue weighted by Crippen LogP contribution is 2.22. The lowest BCUT2D eigenvalue weighted by atomic mass is 10.2. The van der Waals surface area contributed by atoms with Crippen molar-refractivity contribution in [1.82, 2.24) is 0 Å². The molecule has 7 heteroatoms. The number of para-hydroxylation sites is 1. The van der Waals surface area contributed by atoms with Crippen LogP contribution in [0.1, 0.15) is 0 Å². The van der Waals surface area contributed by atoms with Crippen LogP contribution in [0.4, 0.5) is 14.5 Å². The van der Waals surface area contributed by atoms with Crippen molar-refractivity contribution < 1.29 is 27.7 Å². The Hall–Kier alpha value is -1.28. The van der Waals surface area contributed by atoms with Gasteiger partial charge in [0.15, 0.2) is 0 Å². The zero-order valence-electron chi connectivity index (χ0n) is 13.1. The first-order chi connectivity index (χ1) is 11.3. The number of halogens is 2. The predicted octanol–water partition coefficient (Wildman–Crippen LogP) is 1.85. The van der Waals surface area contributed by atoms with Gasteiger partial charge in [0, 0.05) is 13.1 Å². The predicted molar refractivity (Wildman–Crippen MR) is 81.8 cm³/mol. The van der Waals surface area contributed by atoms with Crippen LogP contribution in [0.3, 0.4) is 0 Å². The molecule has 1 aromatic carbocycles. The summed E-state index contributed by atoms with van der Waals surface area (Å²) < 4.78 is 49.5. The molecule has 0 amide bonds. The van der Waals surface area contributed by atoms with Crippen LogP contribution in [0.15, 0.2) is 18.2 Å². The van der Waals surface area contributed by atoms with Crippen molar-refractivity contribution in [2.45, 2.75) is 0 Å². The first-order valence-electron chi connectivity index (χ1n) is 7.79. The molecule has 0 bridgehead atoms. The summed E-state index contributed by atoms with van der Waals surface area (Å²) in [6, 6.07) is 3.85. The van der Waals surface area contributed by atoms with Gasteiger partial charge in [0.05, 0.1) is 52.9 Å². The minimum atomic E-state index is -0.588. The fourth-order valence-electron chi connectivity index (χ4n) is 2.24. The molecular formula is C16H23F2NO4. The van der Waals surface area contributed by atoms with Crippen LogP contribution in [0.25, 0.3) is 0 Å². The van der Waals surface area contributed by atoms with E-state index in [1.54, 1.807) is 4.90 Å². The van der Waals surface area contributed by atoms with Crippen molar-refractivity contribution in [2.75, 3.05) is 70.8 Å². The Morgan fingerprint density at radius 2 is 1.04 bits per heavy atom. The molecule has 0 atom stereocenters. The van der Waals surface area contributed by atoms with E-state index in [0.717, 1.165) is 0 Å². The maximum Gasteiger partial charge on any atom is 0.149 e. The van der Waals surface area contributed by atoms with Crippen molar-refractivity contribution in [2.24, 2.45) is 0 Å². The van der Waals surface area contributed by atoms with Crippen LogP contribution in [-0.4, -0.2) is 65.9 Å². The van der Waals surface area contributed by atoms with E-state index >= 15 is 0 Å². The molecule has 0 spiro atoms. The highest BCUT2D eigenvalue weighted by molar-refractivity contribution is 5.49. The summed E-state index contributed by atoms with van der Waals surface area (Å²) in [6.07, 6.45) is 0. The van der Waals surface area contributed by atoms with Crippen molar-refractivity contribution in [1.29, 1.82) is 0 Å². The van der Waals surface area contributed by atoms with E-state index < -0.39 is 11.6 Å². The second kappa shape index (κ2) is 10.5. The normalized spacial score (nSPS) is 19.8. The number of ether oxygens (including phenoxy) is 4. The molecule has 0 saturated carbocycles. The van der Waals surface area contributed by atoms with Crippen molar-refractivity contribution in [3.8, 4) is 0 Å². The minimum Gasteiger partial charge on any atom is -0.377 e. The summed E-state index contributed by atoms with van der Waals surface area (Å²) in [6.45, 7) is 4.28. The van der Waals surface area contributed by atoms with Gasteiger partial charge in [-0.15, -0.1) is 0 Å². The monoisotopic (exact) mass is 331 g/mol. The van der Waals surface area contributed by atoms with Gasteiger partial charge < -0.3 is 23.8 Å². The van der Waals surface area contributed by atoms with Gasteiger partial charge in [-0.25, -0.2) is 8.78 Å². The molecule has 1 saturated heterocycles. The maximum atomic E-state index is 14.0. The van der Waals surface area contributed by atoms with Gasteiger partial charge in [-0.05, 0) is 12.1 Å². The summed E-state index contributed by atoms with van der Waals surface area (Å²) >= 11 is 0. The van der Waals surface area contributed by atoms with Crippen molar-refractivity contribution >= 4 is 5.69 Å².